The Morgan fingerprint density at radius 1 is 1.50 bits per heavy atom. The summed E-state index contributed by atoms with van der Waals surface area (Å²) in [5.41, 5.74) is 0.0781. The molecule has 0 aliphatic carbocycles. The van der Waals surface area contributed by atoms with Crippen molar-refractivity contribution in [3.8, 4) is 0 Å². The van der Waals surface area contributed by atoms with Crippen molar-refractivity contribution >= 4 is 0 Å². The molecule has 0 aromatic heterocycles. The first-order chi connectivity index (χ1) is 3.06. The number of rotatable bonds is 2. The Labute approximate surface area is 64.0 Å². The molecular formula is C6H13LiO. The summed E-state index contributed by atoms with van der Waals surface area (Å²) in [6.07, 6.45) is 0. The van der Waals surface area contributed by atoms with E-state index in [2.05, 4.69) is 6.92 Å². The monoisotopic (exact) mass is 108 g/mol. The molecule has 2 heteroatoms. The number of ether oxygens (including phenoxy) is 1. The van der Waals surface area contributed by atoms with Gasteiger partial charge in [-0.05, 0) is 0 Å². The molecule has 0 aliphatic rings. The third kappa shape index (κ3) is 9.75. The van der Waals surface area contributed by atoms with E-state index >= 15 is 0 Å². The van der Waals surface area contributed by atoms with Gasteiger partial charge >= 0.3 is 18.9 Å². The van der Waals surface area contributed by atoms with Gasteiger partial charge in [0.2, 0.25) is 0 Å². The van der Waals surface area contributed by atoms with Gasteiger partial charge in [0.05, 0.1) is 0 Å². The molecule has 0 bridgehead atoms. The zero-order valence-corrected chi connectivity index (χ0v) is 6.32. The molecule has 0 N–H and O–H groups in total. The van der Waals surface area contributed by atoms with Gasteiger partial charge in [-0.2, -0.15) is 0 Å². The van der Waals surface area contributed by atoms with E-state index < -0.39 is 0 Å². The van der Waals surface area contributed by atoms with E-state index in [1.165, 1.54) is 0 Å². The smallest absolute Gasteiger partial charge is 0.387 e. The molecule has 0 aliphatic heterocycles. The molecule has 8 heavy (non-hydrogen) atoms. The van der Waals surface area contributed by atoms with Crippen LogP contribution in [0.2, 0.25) is 0 Å². The van der Waals surface area contributed by atoms with Crippen molar-refractivity contribution in [3.63, 3.8) is 0 Å². The van der Waals surface area contributed by atoms with Crippen molar-refractivity contribution in [3.05, 3.63) is 6.92 Å². The van der Waals surface area contributed by atoms with Gasteiger partial charge in [0.25, 0.3) is 0 Å². The van der Waals surface area contributed by atoms with E-state index in [9.17, 15) is 0 Å². The van der Waals surface area contributed by atoms with Gasteiger partial charge in [0.15, 0.2) is 0 Å². The molecule has 44 valence electrons. The van der Waals surface area contributed by atoms with Crippen LogP contribution in [0.25, 0.3) is 0 Å². The third-order valence-electron chi connectivity index (χ3n) is 0.535. The van der Waals surface area contributed by atoms with E-state index in [1.807, 2.05) is 13.8 Å². The summed E-state index contributed by atoms with van der Waals surface area (Å²) < 4.78 is 4.84. The minimum absolute atomic E-state index is 0. The van der Waals surface area contributed by atoms with Crippen molar-refractivity contribution in [2.45, 2.75) is 13.8 Å². The fraction of sp³-hybridized carbons (Fsp3) is 0.833. The Kier molecular flexibility index (Phi) is 6.31. The standard InChI is InChI=1S/C6H13O.Li/c1-6(2,3)5-7-4;/h1,5H2,2-4H3;/q-1;+1. The van der Waals surface area contributed by atoms with E-state index in [0.29, 0.717) is 0 Å². The summed E-state index contributed by atoms with van der Waals surface area (Å²) in [4.78, 5) is 0. The minimum atomic E-state index is 0. The first-order valence-electron chi connectivity index (χ1n) is 2.40. The second-order valence-electron chi connectivity index (χ2n) is 2.60. The van der Waals surface area contributed by atoms with Crippen LogP contribution < -0.4 is 18.9 Å². The molecule has 0 rings (SSSR count). The summed E-state index contributed by atoms with van der Waals surface area (Å²) in [5.74, 6) is 0. The van der Waals surface area contributed by atoms with Gasteiger partial charge in [-0.25, -0.2) is 0 Å². The Morgan fingerprint density at radius 2 is 1.88 bits per heavy atom. The summed E-state index contributed by atoms with van der Waals surface area (Å²) in [6, 6.07) is 0. The van der Waals surface area contributed by atoms with Crippen LogP contribution in [0.4, 0.5) is 0 Å². The molecular weight excluding hydrogens is 95.0 g/mol. The predicted octanol–water partition coefficient (Wildman–Crippen LogP) is -1.50. The van der Waals surface area contributed by atoms with Gasteiger partial charge in [-0.15, -0.1) is 5.41 Å². The van der Waals surface area contributed by atoms with Crippen LogP contribution in [-0.4, -0.2) is 13.7 Å². The zero-order valence-electron chi connectivity index (χ0n) is 6.32. The molecule has 0 atom stereocenters. The first kappa shape index (κ1) is 11.4. The zero-order chi connectivity index (χ0) is 5.91. The SMILES string of the molecule is [CH2-]C(C)(C)COC.[Li+]. The normalized spacial score (nSPS) is 10.5. The molecule has 0 radical (unpaired) electrons. The molecule has 0 heterocycles. The fourth-order valence-electron chi connectivity index (χ4n) is 0.391. The minimum Gasteiger partial charge on any atom is -0.387 e. The van der Waals surface area contributed by atoms with Crippen LogP contribution in [-0.2, 0) is 4.74 Å². The summed E-state index contributed by atoms with van der Waals surface area (Å²) in [7, 11) is 1.69. The van der Waals surface area contributed by atoms with Gasteiger partial charge in [0.1, 0.15) is 0 Å². The third-order valence-corrected chi connectivity index (χ3v) is 0.535. The Morgan fingerprint density at radius 3 is 1.88 bits per heavy atom. The van der Waals surface area contributed by atoms with Gasteiger partial charge in [-0.3, -0.25) is 0 Å². The van der Waals surface area contributed by atoms with Gasteiger partial charge < -0.3 is 11.7 Å². The van der Waals surface area contributed by atoms with Crippen molar-refractivity contribution in [1.29, 1.82) is 0 Å². The summed E-state index contributed by atoms with van der Waals surface area (Å²) >= 11 is 0. The van der Waals surface area contributed by atoms with Crippen molar-refractivity contribution in [1.82, 2.24) is 0 Å². The molecule has 0 saturated carbocycles. The maximum absolute atomic E-state index is 4.84. The second-order valence-corrected chi connectivity index (χ2v) is 2.60. The Bertz CT molecular complexity index is 47.0. The average Bonchev–Trinajstić information content (AvgIpc) is 1.30. The second kappa shape index (κ2) is 4.44. The quantitative estimate of drug-likeness (QED) is 0.309. The molecule has 0 aromatic carbocycles. The van der Waals surface area contributed by atoms with E-state index in [0.717, 1.165) is 6.61 Å². The van der Waals surface area contributed by atoms with Crippen molar-refractivity contribution in [2.24, 2.45) is 5.41 Å². The summed E-state index contributed by atoms with van der Waals surface area (Å²) in [6.45, 7) is 8.64. The number of hydrogen-bond donors (Lipinski definition) is 0. The van der Waals surface area contributed by atoms with Crippen LogP contribution in [0, 0.1) is 12.3 Å². The van der Waals surface area contributed by atoms with Crippen LogP contribution in [0.15, 0.2) is 0 Å². The van der Waals surface area contributed by atoms with Gasteiger partial charge in [-0.1, -0.05) is 13.8 Å². The molecule has 0 fully saturated rings. The summed E-state index contributed by atoms with van der Waals surface area (Å²) in [5, 5.41) is 0. The topological polar surface area (TPSA) is 9.23 Å². The maximum atomic E-state index is 4.84. The Balaban J connectivity index is 0. The van der Waals surface area contributed by atoms with Crippen LogP contribution in [0.1, 0.15) is 13.8 Å². The van der Waals surface area contributed by atoms with Crippen molar-refractivity contribution in [2.75, 3.05) is 13.7 Å². The number of methoxy groups -OCH3 is 1. The molecule has 1 nitrogen and oxygen atoms in total. The van der Waals surface area contributed by atoms with Crippen LogP contribution in [0.3, 0.4) is 0 Å². The molecule has 0 aromatic rings. The van der Waals surface area contributed by atoms with E-state index in [1.54, 1.807) is 7.11 Å². The predicted molar refractivity (Wildman–Crippen MR) is 31.0 cm³/mol. The molecule has 0 unspecified atom stereocenters. The average molecular weight is 108 g/mol. The van der Waals surface area contributed by atoms with Crippen LogP contribution in [0.5, 0.6) is 0 Å². The first-order valence-corrected chi connectivity index (χ1v) is 2.40. The van der Waals surface area contributed by atoms with E-state index in [-0.39, 0.29) is 24.3 Å². The van der Waals surface area contributed by atoms with Gasteiger partial charge in [0, 0.05) is 13.7 Å². The van der Waals surface area contributed by atoms with Crippen molar-refractivity contribution < 1.29 is 23.6 Å². The van der Waals surface area contributed by atoms with Crippen LogP contribution >= 0.6 is 0 Å². The fourth-order valence-corrected chi connectivity index (χ4v) is 0.391. The maximum Gasteiger partial charge on any atom is 1.00 e. The van der Waals surface area contributed by atoms with E-state index in [4.69, 9.17) is 4.74 Å². The largest absolute Gasteiger partial charge is 1.00 e. The Hall–Kier alpha value is 0.557. The molecule has 0 saturated heterocycles. The molecule has 0 amide bonds. The molecule has 0 spiro atoms. The number of hydrogen-bond acceptors (Lipinski definition) is 1.